The second-order valence-corrected chi connectivity index (χ2v) is 6.51. The molecule has 0 bridgehead atoms. The largest absolute Gasteiger partial charge is 0.324 e. The molecule has 28 heavy (non-hydrogen) atoms. The van der Waals surface area contributed by atoms with Crippen LogP contribution in [0.15, 0.2) is 66.9 Å². The molecule has 6 nitrogen and oxygen atoms in total. The number of aryl methyl sites for hydroxylation is 2. The third-order valence-corrected chi connectivity index (χ3v) is 4.24. The lowest BCUT2D eigenvalue weighted by Crippen LogP contribution is -2.12. The molecule has 138 valence electrons. The SMILES string of the molecule is Cc1cc(C)nc(Nc2cccc(C(=O)Nc3cccc4cccnc34)c2)n1. The number of aromatic nitrogens is 3. The monoisotopic (exact) mass is 369 g/mol. The second-order valence-electron chi connectivity index (χ2n) is 6.51. The Morgan fingerprint density at radius 1 is 0.893 bits per heavy atom. The first-order valence-electron chi connectivity index (χ1n) is 8.93. The van der Waals surface area contributed by atoms with Crippen LogP contribution in [0.5, 0.6) is 0 Å². The zero-order valence-electron chi connectivity index (χ0n) is 15.6. The molecular weight excluding hydrogens is 350 g/mol. The minimum atomic E-state index is -0.205. The van der Waals surface area contributed by atoms with E-state index in [0.717, 1.165) is 28.0 Å². The molecule has 0 aliphatic carbocycles. The zero-order chi connectivity index (χ0) is 19.5. The number of anilines is 3. The van der Waals surface area contributed by atoms with Crippen LogP contribution in [0.3, 0.4) is 0 Å². The van der Waals surface area contributed by atoms with Crippen molar-refractivity contribution in [1.29, 1.82) is 0 Å². The molecule has 2 heterocycles. The molecule has 4 aromatic rings. The maximum absolute atomic E-state index is 12.8. The van der Waals surface area contributed by atoms with Gasteiger partial charge in [-0.15, -0.1) is 0 Å². The highest BCUT2D eigenvalue weighted by atomic mass is 16.1. The maximum atomic E-state index is 12.8. The summed E-state index contributed by atoms with van der Waals surface area (Å²) in [7, 11) is 0. The van der Waals surface area contributed by atoms with Gasteiger partial charge in [0.15, 0.2) is 0 Å². The lowest BCUT2D eigenvalue weighted by molar-refractivity contribution is 0.102. The van der Waals surface area contributed by atoms with Gasteiger partial charge in [-0.05, 0) is 50.2 Å². The van der Waals surface area contributed by atoms with Gasteiger partial charge in [0.1, 0.15) is 0 Å². The van der Waals surface area contributed by atoms with Crippen LogP contribution in [-0.4, -0.2) is 20.9 Å². The molecule has 6 heteroatoms. The van der Waals surface area contributed by atoms with Crippen molar-refractivity contribution in [1.82, 2.24) is 15.0 Å². The highest BCUT2D eigenvalue weighted by Crippen LogP contribution is 2.22. The fraction of sp³-hybridized carbons (Fsp3) is 0.0909. The number of carbonyl (C=O) groups excluding carboxylic acids is 1. The first-order valence-corrected chi connectivity index (χ1v) is 8.93. The first-order chi connectivity index (χ1) is 13.6. The molecule has 0 unspecified atom stereocenters. The Bertz CT molecular complexity index is 1150. The van der Waals surface area contributed by atoms with Gasteiger partial charge in [0.2, 0.25) is 5.95 Å². The normalized spacial score (nSPS) is 10.6. The van der Waals surface area contributed by atoms with Gasteiger partial charge in [-0.2, -0.15) is 0 Å². The molecule has 2 aromatic heterocycles. The number of pyridine rings is 1. The van der Waals surface area contributed by atoms with Crippen LogP contribution >= 0.6 is 0 Å². The van der Waals surface area contributed by atoms with Crippen LogP contribution in [-0.2, 0) is 0 Å². The van der Waals surface area contributed by atoms with E-state index in [4.69, 9.17) is 0 Å². The van der Waals surface area contributed by atoms with Gasteiger partial charge in [0, 0.05) is 34.2 Å². The molecule has 4 rings (SSSR count). The van der Waals surface area contributed by atoms with E-state index in [0.29, 0.717) is 17.2 Å². The third kappa shape index (κ3) is 3.81. The summed E-state index contributed by atoms with van der Waals surface area (Å²) in [6.45, 7) is 3.84. The third-order valence-electron chi connectivity index (χ3n) is 4.24. The fourth-order valence-electron chi connectivity index (χ4n) is 3.05. The summed E-state index contributed by atoms with van der Waals surface area (Å²) in [6.07, 6.45) is 1.71. The Labute approximate surface area is 162 Å². The van der Waals surface area contributed by atoms with E-state index in [1.165, 1.54) is 0 Å². The van der Waals surface area contributed by atoms with E-state index in [2.05, 4.69) is 25.6 Å². The Hall–Kier alpha value is -3.80. The van der Waals surface area contributed by atoms with E-state index in [-0.39, 0.29) is 5.91 Å². The number of hydrogen-bond acceptors (Lipinski definition) is 5. The Morgan fingerprint density at radius 2 is 1.64 bits per heavy atom. The predicted octanol–water partition coefficient (Wildman–Crippen LogP) is 4.64. The standard InChI is InChI=1S/C22H19N5O/c1-14-12-15(2)25-22(24-14)26-18-9-3-7-17(13-18)21(28)27-19-10-4-6-16-8-5-11-23-20(16)19/h3-13H,1-2H3,(H,27,28)(H,24,25,26). The van der Waals surface area contributed by atoms with Crippen molar-refractivity contribution < 1.29 is 4.79 Å². The van der Waals surface area contributed by atoms with E-state index < -0.39 is 0 Å². The highest BCUT2D eigenvalue weighted by molar-refractivity contribution is 6.08. The molecule has 2 aromatic carbocycles. The predicted molar refractivity (Wildman–Crippen MR) is 111 cm³/mol. The van der Waals surface area contributed by atoms with Crippen molar-refractivity contribution in [2.45, 2.75) is 13.8 Å². The summed E-state index contributed by atoms with van der Waals surface area (Å²) in [5.41, 5.74) is 4.48. The molecule has 0 saturated heterocycles. The molecule has 0 radical (unpaired) electrons. The molecule has 0 saturated carbocycles. The van der Waals surface area contributed by atoms with Gasteiger partial charge >= 0.3 is 0 Å². The minimum absolute atomic E-state index is 0.205. The summed E-state index contributed by atoms with van der Waals surface area (Å²) in [4.78, 5) is 25.9. The van der Waals surface area contributed by atoms with Crippen LogP contribution in [0.4, 0.5) is 17.3 Å². The van der Waals surface area contributed by atoms with E-state index in [1.807, 2.05) is 62.4 Å². The van der Waals surface area contributed by atoms with Gasteiger partial charge in [0.05, 0.1) is 11.2 Å². The van der Waals surface area contributed by atoms with Crippen LogP contribution in [0.25, 0.3) is 10.9 Å². The molecule has 2 N–H and O–H groups in total. The molecule has 0 aliphatic rings. The number of para-hydroxylation sites is 1. The van der Waals surface area contributed by atoms with Gasteiger partial charge in [0.25, 0.3) is 5.91 Å². The quantitative estimate of drug-likeness (QED) is 0.548. The summed E-state index contributed by atoms with van der Waals surface area (Å²) in [5.74, 6) is 0.302. The van der Waals surface area contributed by atoms with Crippen LogP contribution in [0.2, 0.25) is 0 Å². The number of carbonyl (C=O) groups is 1. The van der Waals surface area contributed by atoms with Crippen molar-refractivity contribution in [3.05, 3.63) is 83.8 Å². The van der Waals surface area contributed by atoms with E-state index >= 15 is 0 Å². The summed E-state index contributed by atoms with van der Waals surface area (Å²) >= 11 is 0. The molecule has 0 fully saturated rings. The maximum Gasteiger partial charge on any atom is 0.255 e. The smallest absolute Gasteiger partial charge is 0.255 e. The topological polar surface area (TPSA) is 79.8 Å². The molecular formula is C22H19N5O. The lowest BCUT2D eigenvalue weighted by Gasteiger charge is -2.10. The zero-order valence-corrected chi connectivity index (χ0v) is 15.6. The van der Waals surface area contributed by atoms with Gasteiger partial charge in [-0.3, -0.25) is 9.78 Å². The van der Waals surface area contributed by atoms with Crippen LogP contribution in [0, 0.1) is 13.8 Å². The van der Waals surface area contributed by atoms with Crippen LogP contribution in [0.1, 0.15) is 21.7 Å². The van der Waals surface area contributed by atoms with Crippen molar-refractivity contribution in [2.24, 2.45) is 0 Å². The van der Waals surface area contributed by atoms with Gasteiger partial charge in [-0.25, -0.2) is 9.97 Å². The number of rotatable bonds is 4. The number of nitrogens with zero attached hydrogens (tertiary/aromatic N) is 3. The summed E-state index contributed by atoms with van der Waals surface area (Å²) < 4.78 is 0. The first kappa shape index (κ1) is 17.6. The number of fused-ring (bicyclic) bond motifs is 1. The van der Waals surface area contributed by atoms with Gasteiger partial charge in [-0.1, -0.05) is 24.3 Å². The van der Waals surface area contributed by atoms with Crippen molar-refractivity contribution in [2.75, 3.05) is 10.6 Å². The fourth-order valence-corrected chi connectivity index (χ4v) is 3.05. The van der Waals surface area contributed by atoms with E-state index in [9.17, 15) is 4.79 Å². The Kier molecular flexibility index (Phi) is 4.68. The molecule has 0 spiro atoms. The molecule has 1 amide bonds. The minimum Gasteiger partial charge on any atom is -0.324 e. The number of nitrogens with one attached hydrogen (secondary N) is 2. The molecule has 0 aliphatic heterocycles. The van der Waals surface area contributed by atoms with E-state index in [1.54, 1.807) is 18.3 Å². The Balaban J connectivity index is 1.57. The van der Waals surface area contributed by atoms with Gasteiger partial charge < -0.3 is 10.6 Å². The van der Waals surface area contributed by atoms with Crippen molar-refractivity contribution in [3.63, 3.8) is 0 Å². The highest BCUT2D eigenvalue weighted by Gasteiger charge is 2.10. The number of hydrogen-bond donors (Lipinski definition) is 2. The van der Waals surface area contributed by atoms with Crippen molar-refractivity contribution >= 4 is 34.1 Å². The lowest BCUT2D eigenvalue weighted by atomic mass is 10.1. The van der Waals surface area contributed by atoms with Crippen molar-refractivity contribution in [3.8, 4) is 0 Å². The average molecular weight is 369 g/mol. The second kappa shape index (κ2) is 7.44. The summed E-state index contributed by atoms with van der Waals surface area (Å²) in [5, 5.41) is 7.08. The number of amides is 1. The summed E-state index contributed by atoms with van der Waals surface area (Å²) in [6, 6.07) is 18.7. The molecule has 0 atom stereocenters. The Morgan fingerprint density at radius 3 is 2.46 bits per heavy atom. The average Bonchev–Trinajstić information content (AvgIpc) is 2.68. The van der Waals surface area contributed by atoms with Crippen LogP contribution < -0.4 is 10.6 Å². The number of benzene rings is 2.